The van der Waals surface area contributed by atoms with Crippen LogP contribution < -0.4 is 5.32 Å². The van der Waals surface area contributed by atoms with E-state index < -0.39 is 0 Å². The maximum atomic E-state index is 5.36. The van der Waals surface area contributed by atoms with Crippen molar-refractivity contribution in [2.45, 2.75) is 45.6 Å². The van der Waals surface area contributed by atoms with Gasteiger partial charge in [-0.05, 0) is 38.0 Å². The fraction of sp³-hybridized carbons (Fsp3) is 0.947. The predicted octanol–water partition coefficient (Wildman–Crippen LogP) is 1.79. The molecule has 2 heterocycles. The molecule has 2 saturated heterocycles. The first-order chi connectivity index (χ1) is 11.7. The van der Waals surface area contributed by atoms with Gasteiger partial charge >= 0.3 is 0 Å². The molecule has 4 rings (SSSR count). The van der Waals surface area contributed by atoms with Crippen molar-refractivity contribution in [3.8, 4) is 0 Å². The van der Waals surface area contributed by atoms with E-state index in [-0.39, 0.29) is 5.41 Å². The third-order valence-corrected chi connectivity index (χ3v) is 6.63. The monoisotopic (exact) mass is 334 g/mol. The number of nitrogens with one attached hydrogen (secondary N) is 1. The summed E-state index contributed by atoms with van der Waals surface area (Å²) in [6, 6.07) is 0.886. The van der Waals surface area contributed by atoms with Crippen LogP contribution in [0.2, 0.25) is 0 Å². The van der Waals surface area contributed by atoms with Crippen LogP contribution in [0.5, 0.6) is 0 Å². The number of hydrogen-bond acceptors (Lipinski definition) is 3. The van der Waals surface area contributed by atoms with Gasteiger partial charge in [-0.1, -0.05) is 13.3 Å². The smallest absolute Gasteiger partial charge is 0.194 e. The van der Waals surface area contributed by atoms with Crippen molar-refractivity contribution in [3.05, 3.63) is 0 Å². The molecule has 0 amide bonds. The molecular formula is C19H34N4O. The highest BCUT2D eigenvalue weighted by Crippen LogP contribution is 2.46. The average molecular weight is 335 g/mol. The molecule has 0 aromatic heterocycles. The average Bonchev–Trinajstić information content (AvgIpc) is 3.20. The van der Waals surface area contributed by atoms with Gasteiger partial charge in [0.1, 0.15) is 0 Å². The molecule has 0 aromatic carbocycles. The van der Waals surface area contributed by atoms with Gasteiger partial charge in [-0.3, -0.25) is 9.89 Å². The second-order valence-corrected chi connectivity index (χ2v) is 8.74. The van der Waals surface area contributed by atoms with Gasteiger partial charge in [-0.15, -0.1) is 0 Å². The van der Waals surface area contributed by atoms with Crippen LogP contribution in [0.25, 0.3) is 0 Å². The Bertz CT molecular complexity index is 468. The molecule has 3 atom stereocenters. The summed E-state index contributed by atoms with van der Waals surface area (Å²) in [6.07, 6.45) is 5.97. The van der Waals surface area contributed by atoms with Crippen LogP contribution in [0, 0.1) is 17.3 Å². The highest BCUT2D eigenvalue weighted by molar-refractivity contribution is 5.80. The van der Waals surface area contributed by atoms with Gasteiger partial charge in [-0.25, -0.2) is 0 Å². The SMILES string of the molecule is CCNC(=NCC1(C)COC1)N1CCN(C2CC3CCC2C3)CC1. The van der Waals surface area contributed by atoms with E-state index in [0.717, 1.165) is 63.2 Å². The Hall–Kier alpha value is -0.810. The van der Waals surface area contributed by atoms with Crippen LogP contribution in [0.3, 0.4) is 0 Å². The topological polar surface area (TPSA) is 40.1 Å². The molecule has 3 unspecified atom stereocenters. The third kappa shape index (κ3) is 3.30. The number of nitrogens with zero attached hydrogens (tertiary/aromatic N) is 3. The summed E-state index contributed by atoms with van der Waals surface area (Å²) in [6.45, 7) is 12.6. The van der Waals surface area contributed by atoms with Crippen LogP contribution in [0.4, 0.5) is 0 Å². The molecule has 4 fully saturated rings. The summed E-state index contributed by atoms with van der Waals surface area (Å²) >= 11 is 0. The number of aliphatic imine (C=N–C) groups is 1. The molecule has 4 aliphatic rings. The lowest BCUT2D eigenvalue weighted by molar-refractivity contribution is -0.0946. The van der Waals surface area contributed by atoms with E-state index in [4.69, 9.17) is 9.73 Å². The molecule has 2 saturated carbocycles. The first kappa shape index (κ1) is 16.6. The molecule has 1 N–H and O–H groups in total. The normalized spacial score (nSPS) is 36.0. The zero-order valence-electron chi connectivity index (χ0n) is 15.5. The number of ether oxygens (including phenoxy) is 1. The quantitative estimate of drug-likeness (QED) is 0.629. The molecule has 0 radical (unpaired) electrons. The van der Waals surface area contributed by atoms with Crippen molar-refractivity contribution in [2.24, 2.45) is 22.2 Å². The molecule has 2 aliphatic heterocycles. The summed E-state index contributed by atoms with van der Waals surface area (Å²) in [5, 5.41) is 3.50. The van der Waals surface area contributed by atoms with Crippen LogP contribution in [0.15, 0.2) is 4.99 Å². The number of piperazine rings is 1. The first-order valence-corrected chi connectivity index (χ1v) is 10.0. The zero-order valence-corrected chi connectivity index (χ0v) is 15.5. The van der Waals surface area contributed by atoms with Crippen molar-refractivity contribution in [1.82, 2.24) is 15.1 Å². The van der Waals surface area contributed by atoms with Crippen molar-refractivity contribution >= 4 is 5.96 Å². The lowest BCUT2D eigenvalue weighted by atomic mass is 9.89. The van der Waals surface area contributed by atoms with Crippen molar-refractivity contribution in [2.75, 3.05) is 52.5 Å². The minimum atomic E-state index is 0.256. The van der Waals surface area contributed by atoms with E-state index in [0.29, 0.717) is 0 Å². The van der Waals surface area contributed by atoms with Gasteiger partial charge in [0, 0.05) is 44.2 Å². The Balaban J connectivity index is 1.32. The molecule has 0 spiro atoms. The summed E-state index contributed by atoms with van der Waals surface area (Å²) < 4.78 is 5.36. The van der Waals surface area contributed by atoms with Gasteiger partial charge in [0.05, 0.1) is 19.8 Å². The van der Waals surface area contributed by atoms with Gasteiger partial charge in [-0.2, -0.15) is 0 Å². The van der Waals surface area contributed by atoms with Crippen LogP contribution in [-0.2, 0) is 4.74 Å². The first-order valence-electron chi connectivity index (χ1n) is 10.0. The van der Waals surface area contributed by atoms with E-state index in [1.54, 1.807) is 0 Å². The molecule has 2 bridgehead atoms. The molecule has 2 aliphatic carbocycles. The summed E-state index contributed by atoms with van der Waals surface area (Å²) in [4.78, 5) is 10.2. The van der Waals surface area contributed by atoms with E-state index in [9.17, 15) is 0 Å². The maximum Gasteiger partial charge on any atom is 0.194 e. The van der Waals surface area contributed by atoms with Gasteiger partial charge in [0.15, 0.2) is 5.96 Å². The lowest BCUT2D eigenvalue weighted by Crippen LogP contribution is -2.56. The highest BCUT2D eigenvalue weighted by Gasteiger charge is 2.43. The Morgan fingerprint density at radius 3 is 2.50 bits per heavy atom. The standard InChI is InChI=1S/C19H34N4O/c1-3-20-18(21-12-19(2)13-24-14-19)23-8-6-22(7-9-23)17-11-15-4-5-16(17)10-15/h15-17H,3-14H2,1-2H3,(H,20,21). The van der Waals surface area contributed by atoms with E-state index in [1.165, 1.54) is 38.8 Å². The number of rotatable bonds is 4. The Morgan fingerprint density at radius 1 is 1.17 bits per heavy atom. The van der Waals surface area contributed by atoms with Crippen molar-refractivity contribution in [1.29, 1.82) is 0 Å². The van der Waals surface area contributed by atoms with Crippen LogP contribution in [0.1, 0.15) is 39.5 Å². The lowest BCUT2D eigenvalue weighted by Gasteiger charge is -2.42. The van der Waals surface area contributed by atoms with Crippen LogP contribution >= 0.6 is 0 Å². The second kappa shape index (κ2) is 6.83. The third-order valence-electron chi connectivity index (χ3n) is 6.63. The predicted molar refractivity (Wildman–Crippen MR) is 97.3 cm³/mol. The molecule has 0 aromatic rings. The molecule has 5 heteroatoms. The van der Waals surface area contributed by atoms with Crippen molar-refractivity contribution < 1.29 is 4.74 Å². The fourth-order valence-corrected chi connectivity index (χ4v) is 5.16. The van der Waals surface area contributed by atoms with Crippen LogP contribution in [-0.4, -0.2) is 74.3 Å². The zero-order chi connectivity index (χ0) is 16.6. The van der Waals surface area contributed by atoms with E-state index >= 15 is 0 Å². The number of guanidine groups is 1. The minimum Gasteiger partial charge on any atom is -0.380 e. The Kier molecular flexibility index (Phi) is 4.74. The Morgan fingerprint density at radius 2 is 1.96 bits per heavy atom. The summed E-state index contributed by atoms with van der Waals surface area (Å²) in [5.74, 6) is 3.16. The Labute approximate surface area is 146 Å². The fourth-order valence-electron chi connectivity index (χ4n) is 5.16. The minimum absolute atomic E-state index is 0.256. The van der Waals surface area contributed by atoms with Crippen molar-refractivity contribution in [3.63, 3.8) is 0 Å². The van der Waals surface area contributed by atoms with Gasteiger partial charge < -0.3 is 15.0 Å². The number of hydrogen-bond donors (Lipinski definition) is 1. The summed E-state index contributed by atoms with van der Waals surface area (Å²) in [7, 11) is 0. The molecular weight excluding hydrogens is 300 g/mol. The molecule has 136 valence electrons. The van der Waals surface area contributed by atoms with E-state index in [2.05, 4.69) is 29.0 Å². The second-order valence-electron chi connectivity index (χ2n) is 8.74. The molecule has 24 heavy (non-hydrogen) atoms. The van der Waals surface area contributed by atoms with E-state index in [1.807, 2.05) is 0 Å². The van der Waals surface area contributed by atoms with Gasteiger partial charge in [0.25, 0.3) is 0 Å². The molecule has 5 nitrogen and oxygen atoms in total. The maximum absolute atomic E-state index is 5.36. The highest BCUT2D eigenvalue weighted by atomic mass is 16.5. The van der Waals surface area contributed by atoms with Gasteiger partial charge in [0.2, 0.25) is 0 Å². The number of fused-ring (bicyclic) bond motifs is 2. The largest absolute Gasteiger partial charge is 0.380 e. The summed E-state index contributed by atoms with van der Waals surface area (Å²) in [5.41, 5.74) is 0.256.